The van der Waals surface area contributed by atoms with Gasteiger partial charge in [-0.2, -0.15) is 5.09 Å². The number of aliphatic hydroxyl groups is 2. The van der Waals surface area contributed by atoms with E-state index >= 15 is 0 Å². The van der Waals surface area contributed by atoms with Gasteiger partial charge in [0.2, 0.25) is 0 Å². The topological polar surface area (TPSA) is 178 Å². The molecule has 44 heavy (non-hydrogen) atoms. The number of hydrogen-bond donors (Lipinski definition) is 4. The quantitative estimate of drug-likeness (QED) is 0.129. The fourth-order valence-electron chi connectivity index (χ4n) is 4.38. The predicted molar refractivity (Wildman–Crippen MR) is 159 cm³/mol. The monoisotopic (exact) mass is 647 g/mol. The molecule has 4 rings (SSSR count). The molecule has 0 aliphatic carbocycles. The number of esters is 1. The number of aromatic nitrogens is 2. The molecular weight excluding hydrogens is 617 g/mol. The lowest BCUT2D eigenvalue weighted by Gasteiger charge is -2.27. The van der Waals surface area contributed by atoms with Gasteiger partial charge in [0.1, 0.15) is 24.0 Å². The summed E-state index contributed by atoms with van der Waals surface area (Å²) in [4.78, 5) is 39.1. The summed E-state index contributed by atoms with van der Waals surface area (Å²) >= 11 is 5.97. The third-order valence-electron chi connectivity index (χ3n) is 6.50. The minimum atomic E-state index is -4.52. The second-order valence-corrected chi connectivity index (χ2v) is 12.3. The van der Waals surface area contributed by atoms with E-state index in [9.17, 15) is 29.2 Å². The summed E-state index contributed by atoms with van der Waals surface area (Å²) in [5.74, 6) is 1.36. The summed E-state index contributed by atoms with van der Waals surface area (Å²) < 4.78 is 37.6. The Morgan fingerprint density at radius 1 is 1.20 bits per heavy atom. The number of ether oxygens (including phenoxy) is 2. The van der Waals surface area contributed by atoms with Gasteiger partial charge >= 0.3 is 19.4 Å². The van der Waals surface area contributed by atoms with Gasteiger partial charge in [-0.25, -0.2) is 9.36 Å². The lowest BCUT2D eigenvalue weighted by Crippen LogP contribution is -2.48. The Hall–Kier alpha value is -3.73. The lowest BCUT2D eigenvalue weighted by molar-refractivity contribution is -0.149. The van der Waals surface area contributed by atoms with Crippen LogP contribution in [-0.2, 0) is 29.8 Å². The Kier molecular flexibility index (Phi) is 10.5. The van der Waals surface area contributed by atoms with E-state index in [-0.39, 0.29) is 12.2 Å². The molecule has 1 fully saturated rings. The Labute approximate surface area is 257 Å². The number of hydrogen-bond acceptors (Lipinski definition) is 10. The van der Waals surface area contributed by atoms with Crippen molar-refractivity contribution in [3.63, 3.8) is 0 Å². The normalized spacial score (nSPS) is 23.4. The van der Waals surface area contributed by atoms with Crippen molar-refractivity contribution in [2.24, 2.45) is 0 Å². The van der Waals surface area contributed by atoms with E-state index in [1.165, 1.54) is 24.3 Å². The summed E-state index contributed by atoms with van der Waals surface area (Å²) in [7, 11) is -4.52. The van der Waals surface area contributed by atoms with Crippen LogP contribution in [-0.4, -0.2) is 62.3 Å². The molecule has 3 aromatic rings. The third-order valence-corrected chi connectivity index (χ3v) is 8.32. The summed E-state index contributed by atoms with van der Waals surface area (Å²) in [5, 5.41) is 25.1. The predicted octanol–water partition coefficient (Wildman–Crippen LogP) is 2.17. The first-order valence-corrected chi connectivity index (χ1v) is 15.3. The standard InChI is InChI=1S/C29H31ClN3O10P/c1-4-29(38)25(35)23(42-27(29)33-15-14-24(34)31-28(33)37)17-40-44(39,43-21-12-10-20(30)11-13-21)32-22(26(36)41-18(2)3)16-19-8-6-5-7-9-19/h1,5-15,18,22-23,25,27,35,38H,16-17H2,2-3H3,(H,32,39)(H,31,34,37)/t22-,23+,25+,27+,29+,44?/m0/s1. The second kappa shape index (κ2) is 13.9. The van der Waals surface area contributed by atoms with Crippen LogP contribution < -0.4 is 20.9 Å². The van der Waals surface area contributed by atoms with Crippen molar-refractivity contribution in [2.75, 3.05) is 6.61 Å². The SMILES string of the molecule is C#C[C@@]1(O)[C@H](O)[C@@H](COP(=O)(N[C@@H](Cc2ccccc2)C(=O)OC(C)C)Oc2ccc(Cl)cc2)O[C@H]1n1ccc(=O)[nH]c1=O. The van der Waals surface area contributed by atoms with Crippen molar-refractivity contribution in [3.8, 4) is 18.1 Å². The van der Waals surface area contributed by atoms with Crippen molar-refractivity contribution in [1.29, 1.82) is 0 Å². The molecule has 2 aromatic carbocycles. The van der Waals surface area contributed by atoms with Crippen LogP contribution >= 0.6 is 19.3 Å². The van der Waals surface area contributed by atoms with Crippen molar-refractivity contribution in [1.82, 2.24) is 14.6 Å². The number of aromatic amines is 1. The van der Waals surface area contributed by atoms with Crippen LogP contribution in [0.3, 0.4) is 0 Å². The molecule has 0 saturated carbocycles. The van der Waals surface area contributed by atoms with Crippen LogP contribution in [0.1, 0.15) is 25.6 Å². The molecule has 0 spiro atoms. The highest BCUT2D eigenvalue weighted by Gasteiger charge is 2.56. The van der Waals surface area contributed by atoms with E-state index in [0.29, 0.717) is 10.6 Å². The molecule has 1 aliphatic rings. The van der Waals surface area contributed by atoms with E-state index in [1.807, 2.05) is 10.9 Å². The zero-order chi connectivity index (χ0) is 32.1. The minimum absolute atomic E-state index is 0.0420. The molecule has 2 heterocycles. The average Bonchev–Trinajstić information content (AvgIpc) is 3.23. The summed E-state index contributed by atoms with van der Waals surface area (Å²) in [6.45, 7) is 2.62. The molecule has 15 heteroatoms. The van der Waals surface area contributed by atoms with Crippen molar-refractivity contribution < 1.29 is 38.1 Å². The molecule has 1 saturated heterocycles. The molecular formula is C29H31ClN3O10P. The number of carbonyl (C=O) groups is 1. The van der Waals surface area contributed by atoms with Crippen molar-refractivity contribution in [2.45, 2.75) is 56.5 Å². The fourth-order valence-corrected chi connectivity index (χ4v) is 6.01. The molecule has 1 aliphatic heterocycles. The molecule has 4 N–H and O–H groups in total. The van der Waals surface area contributed by atoms with Crippen LogP contribution in [0, 0.1) is 12.3 Å². The number of nitrogens with zero attached hydrogens (tertiary/aromatic N) is 1. The zero-order valence-electron chi connectivity index (χ0n) is 23.7. The maximum Gasteiger partial charge on any atom is 0.459 e. The molecule has 1 unspecified atom stereocenters. The minimum Gasteiger partial charge on any atom is -0.462 e. The van der Waals surface area contributed by atoms with Gasteiger partial charge in [0, 0.05) is 17.3 Å². The Balaban J connectivity index is 1.63. The molecule has 6 atom stereocenters. The van der Waals surface area contributed by atoms with Gasteiger partial charge in [0.05, 0.1) is 12.7 Å². The zero-order valence-corrected chi connectivity index (χ0v) is 25.3. The smallest absolute Gasteiger partial charge is 0.459 e. The summed E-state index contributed by atoms with van der Waals surface area (Å²) in [6.07, 6.45) is 1.13. The summed E-state index contributed by atoms with van der Waals surface area (Å²) in [6, 6.07) is 14.5. The van der Waals surface area contributed by atoms with Crippen molar-refractivity contribution >= 4 is 25.3 Å². The van der Waals surface area contributed by atoms with Gasteiger partial charge in [-0.05, 0) is 50.1 Å². The lowest BCUT2D eigenvalue weighted by atomic mass is 9.95. The first kappa shape index (κ1) is 33.2. The van der Waals surface area contributed by atoms with Crippen LogP contribution in [0.4, 0.5) is 0 Å². The first-order valence-electron chi connectivity index (χ1n) is 13.4. The summed E-state index contributed by atoms with van der Waals surface area (Å²) in [5.41, 5.74) is -3.41. The van der Waals surface area contributed by atoms with Crippen LogP contribution in [0.25, 0.3) is 0 Å². The largest absolute Gasteiger partial charge is 0.462 e. The highest BCUT2D eigenvalue weighted by atomic mass is 35.5. The number of nitrogens with one attached hydrogen (secondary N) is 2. The van der Waals surface area contributed by atoms with Gasteiger partial charge in [-0.1, -0.05) is 47.9 Å². The molecule has 0 radical (unpaired) electrons. The molecule has 234 valence electrons. The maximum atomic E-state index is 14.3. The van der Waals surface area contributed by atoms with E-state index in [2.05, 4.69) is 5.09 Å². The number of carbonyl (C=O) groups excluding carboxylic acids is 1. The van der Waals surface area contributed by atoms with Gasteiger partial charge in [-0.15, -0.1) is 6.42 Å². The third kappa shape index (κ3) is 7.85. The van der Waals surface area contributed by atoms with Gasteiger partial charge in [-0.3, -0.25) is 23.7 Å². The number of halogens is 1. The average molecular weight is 648 g/mol. The van der Waals surface area contributed by atoms with Crippen LogP contribution in [0.5, 0.6) is 5.75 Å². The van der Waals surface area contributed by atoms with Gasteiger partial charge in [0.25, 0.3) is 5.56 Å². The van der Waals surface area contributed by atoms with E-state index in [0.717, 1.165) is 16.8 Å². The van der Waals surface area contributed by atoms with Gasteiger partial charge < -0.3 is 24.2 Å². The maximum absolute atomic E-state index is 14.3. The molecule has 0 amide bonds. The Morgan fingerprint density at radius 3 is 2.50 bits per heavy atom. The Bertz CT molecular complexity index is 1660. The number of rotatable bonds is 12. The van der Waals surface area contributed by atoms with E-state index in [4.69, 9.17) is 36.5 Å². The highest BCUT2D eigenvalue weighted by molar-refractivity contribution is 7.52. The highest BCUT2D eigenvalue weighted by Crippen LogP contribution is 2.47. The van der Waals surface area contributed by atoms with Crippen LogP contribution in [0.2, 0.25) is 5.02 Å². The van der Waals surface area contributed by atoms with E-state index < -0.39 is 67.8 Å². The number of terminal acetylenes is 1. The van der Waals surface area contributed by atoms with Crippen molar-refractivity contribution in [3.05, 3.63) is 98.3 Å². The second-order valence-electron chi connectivity index (χ2n) is 10.2. The fraction of sp³-hybridized carbons (Fsp3) is 0.345. The molecule has 0 bridgehead atoms. The first-order chi connectivity index (χ1) is 20.8. The molecule has 1 aromatic heterocycles. The number of aliphatic hydroxyl groups excluding tert-OH is 1. The number of benzene rings is 2. The number of H-pyrrole nitrogens is 1. The van der Waals surface area contributed by atoms with Gasteiger partial charge in [0.15, 0.2) is 11.8 Å². The van der Waals surface area contributed by atoms with Crippen LogP contribution in [0.15, 0.2) is 76.4 Å². The van der Waals surface area contributed by atoms with E-state index in [1.54, 1.807) is 44.2 Å². The molecule has 13 nitrogen and oxygen atoms in total. The Morgan fingerprint density at radius 2 is 1.89 bits per heavy atom.